The van der Waals surface area contributed by atoms with Crippen LogP contribution in [-0.2, 0) is 16.6 Å². The first kappa shape index (κ1) is 19.8. The lowest BCUT2D eigenvalue weighted by molar-refractivity contribution is 0.102. The molecule has 0 aliphatic heterocycles. The van der Waals surface area contributed by atoms with Gasteiger partial charge in [0.25, 0.3) is 5.91 Å². The maximum atomic E-state index is 12.9. The number of benzene rings is 3. The highest BCUT2D eigenvalue weighted by Crippen LogP contribution is 2.23. The fraction of sp³-hybridized carbons (Fsp3) is 0.136. The van der Waals surface area contributed by atoms with E-state index in [-0.39, 0.29) is 17.3 Å². The van der Waals surface area contributed by atoms with E-state index in [0.717, 1.165) is 5.56 Å². The monoisotopic (exact) mass is 394 g/mol. The van der Waals surface area contributed by atoms with Crippen molar-refractivity contribution in [3.05, 3.63) is 95.6 Å². The van der Waals surface area contributed by atoms with Crippen LogP contribution >= 0.6 is 0 Å². The van der Waals surface area contributed by atoms with Crippen molar-refractivity contribution in [1.29, 1.82) is 0 Å². The molecule has 0 unspecified atom stereocenters. The number of nitrogens with zero attached hydrogens (tertiary/aromatic N) is 1. The Morgan fingerprint density at radius 3 is 2.14 bits per heavy atom. The molecule has 0 heterocycles. The smallest absolute Gasteiger partial charge is 0.255 e. The van der Waals surface area contributed by atoms with E-state index in [1.165, 1.54) is 10.4 Å². The maximum absolute atomic E-state index is 12.9. The van der Waals surface area contributed by atoms with Crippen molar-refractivity contribution in [1.82, 2.24) is 4.31 Å². The molecule has 0 fully saturated rings. The van der Waals surface area contributed by atoms with Crippen LogP contribution in [0.5, 0.6) is 0 Å². The van der Waals surface area contributed by atoms with Gasteiger partial charge < -0.3 is 5.32 Å². The second kappa shape index (κ2) is 8.37. The van der Waals surface area contributed by atoms with Crippen LogP contribution in [0.2, 0.25) is 0 Å². The van der Waals surface area contributed by atoms with E-state index in [0.29, 0.717) is 16.8 Å². The molecule has 0 aromatic heterocycles. The van der Waals surface area contributed by atoms with E-state index in [4.69, 9.17) is 0 Å². The quantitative estimate of drug-likeness (QED) is 0.685. The Bertz CT molecular complexity index is 1070. The van der Waals surface area contributed by atoms with Gasteiger partial charge >= 0.3 is 0 Å². The molecule has 28 heavy (non-hydrogen) atoms. The lowest BCUT2D eigenvalue weighted by Crippen LogP contribution is -2.26. The molecule has 3 rings (SSSR count). The van der Waals surface area contributed by atoms with Crippen molar-refractivity contribution in [2.75, 3.05) is 12.4 Å². The molecule has 0 aliphatic rings. The Balaban J connectivity index is 1.78. The zero-order chi connectivity index (χ0) is 20.1. The van der Waals surface area contributed by atoms with Gasteiger partial charge in [0, 0.05) is 24.8 Å². The van der Waals surface area contributed by atoms with Crippen LogP contribution in [0.25, 0.3) is 0 Å². The summed E-state index contributed by atoms with van der Waals surface area (Å²) in [7, 11) is -2.08. The summed E-state index contributed by atoms with van der Waals surface area (Å²) in [6.07, 6.45) is 0. The Hall–Kier alpha value is -2.96. The first-order valence-corrected chi connectivity index (χ1v) is 10.3. The molecule has 0 bridgehead atoms. The molecule has 1 amide bonds. The second-order valence-electron chi connectivity index (χ2n) is 6.54. The van der Waals surface area contributed by atoms with E-state index in [2.05, 4.69) is 5.32 Å². The summed E-state index contributed by atoms with van der Waals surface area (Å²) in [6.45, 7) is 2.06. The van der Waals surface area contributed by atoms with Crippen molar-refractivity contribution in [3.8, 4) is 0 Å². The molecule has 1 N–H and O–H groups in total. The zero-order valence-corrected chi connectivity index (χ0v) is 16.6. The van der Waals surface area contributed by atoms with E-state index in [1.807, 2.05) is 36.4 Å². The fourth-order valence-corrected chi connectivity index (χ4v) is 4.07. The number of aryl methyl sites for hydroxylation is 1. The Kier molecular flexibility index (Phi) is 5.92. The van der Waals surface area contributed by atoms with Crippen LogP contribution < -0.4 is 5.32 Å². The van der Waals surface area contributed by atoms with Gasteiger partial charge in [-0.2, -0.15) is 4.31 Å². The summed E-state index contributed by atoms with van der Waals surface area (Å²) in [6, 6.07) is 23.0. The molecular weight excluding hydrogens is 372 g/mol. The third-order valence-corrected chi connectivity index (χ3v) is 6.24. The van der Waals surface area contributed by atoms with E-state index in [9.17, 15) is 13.2 Å². The molecule has 0 saturated heterocycles. The molecule has 0 atom stereocenters. The van der Waals surface area contributed by atoms with Crippen molar-refractivity contribution >= 4 is 21.6 Å². The van der Waals surface area contributed by atoms with E-state index >= 15 is 0 Å². The molecule has 5 nitrogen and oxygen atoms in total. The number of hydrogen-bond donors (Lipinski definition) is 1. The lowest BCUT2D eigenvalue weighted by atomic mass is 10.1. The maximum Gasteiger partial charge on any atom is 0.255 e. The number of carbonyl (C=O) groups is 1. The highest BCUT2D eigenvalue weighted by Gasteiger charge is 2.22. The first-order valence-electron chi connectivity index (χ1n) is 8.85. The number of hydrogen-bond acceptors (Lipinski definition) is 3. The highest BCUT2D eigenvalue weighted by atomic mass is 32.2. The normalized spacial score (nSPS) is 11.4. The van der Waals surface area contributed by atoms with Gasteiger partial charge in [0.15, 0.2) is 0 Å². The molecule has 3 aromatic carbocycles. The first-order chi connectivity index (χ1) is 13.4. The Labute approximate surface area is 165 Å². The van der Waals surface area contributed by atoms with Gasteiger partial charge in [-0.05, 0) is 48.4 Å². The molecule has 0 aliphatic carbocycles. The fourth-order valence-electron chi connectivity index (χ4n) is 2.83. The lowest BCUT2D eigenvalue weighted by Gasteiger charge is -2.18. The van der Waals surface area contributed by atoms with Crippen molar-refractivity contribution in [2.45, 2.75) is 18.4 Å². The van der Waals surface area contributed by atoms with Gasteiger partial charge in [0.1, 0.15) is 0 Å². The van der Waals surface area contributed by atoms with E-state index < -0.39 is 10.0 Å². The molecular formula is C22H22N2O3S. The topological polar surface area (TPSA) is 66.5 Å². The number of anilines is 1. The molecule has 0 radical (unpaired) electrons. The Morgan fingerprint density at radius 2 is 1.54 bits per heavy atom. The third kappa shape index (κ3) is 4.47. The summed E-state index contributed by atoms with van der Waals surface area (Å²) in [5, 5.41) is 2.83. The van der Waals surface area contributed by atoms with Gasteiger partial charge in [-0.15, -0.1) is 0 Å². The van der Waals surface area contributed by atoms with Gasteiger partial charge in [-0.1, -0.05) is 48.5 Å². The predicted octanol–water partition coefficient (Wildman–Crippen LogP) is 4.07. The number of amides is 1. The second-order valence-corrected chi connectivity index (χ2v) is 8.59. The van der Waals surface area contributed by atoms with Crippen LogP contribution in [0.4, 0.5) is 5.69 Å². The Morgan fingerprint density at radius 1 is 0.929 bits per heavy atom. The van der Waals surface area contributed by atoms with Crippen molar-refractivity contribution in [2.24, 2.45) is 0 Å². The minimum atomic E-state index is -3.64. The van der Waals surface area contributed by atoms with Crippen LogP contribution in [0, 0.1) is 6.92 Å². The number of sulfonamides is 1. The van der Waals surface area contributed by atoms with Crippen LogP contribution in [0.1, 0.15) is 21.5 Å². The van der Waals surface area contributed by atoms with Gasteiger partial charge in [0.05, 0.1) is 4.90 Å². The molecule has 3 aromatic rings. The van der Waals surface area contributed by atoms with Gasteiger partial charge in [-0.3, -0.25) is 4.79 Å². The molecule has 0 spiro atoms. The van der Waals surface area contributed by atoms with Crippen LogP contribution in [-0.4, -0.2) is 25.7 Å². The van der Waals surface area contributed by atoms with Gasteiger partial charge in [0.2, 0.25) is 10.0 Å². The molecule has 144 valence electrons. The summed E-state index contributed by atoms with van der Waals surface area (Å²) in [5.41, 5.74) is 2.72. The summed E-state index contributed by atoms with van der Waals surface area (Å²) in [4.78, 5) is 12.5. The molecule has 6 heteroatoms. The highest BCUT2D eigenvalue weighted by molar-refractivity contribution is 7.89. The minimum absolute atomic E-state index is 0.196. The number of rotatable bonds is 6. The van der Waals surface area contributed by atoms with Crippen molar-refractivity contribution < 1.29 is 13.2 Å². The standard InChI is InChI=1S/C22H22N2O3S/c1-17-15-20(28(26,27)24(2)16-18-9-5-3-6-10-18)13-14-21(17)23-22(25)19-11-7-4-8-12-19/h3-15H,16H2,1-2H3,(H,23,25). The minimum Gasteiger partial charge on any atom is -0.322 e. The van der Waals surface area contributed by atoms with Crippen LogP contribution in [0.3, 0.4) is 0 Å². The number of carbonyl (C=O) groups excluding carboxylic acids is 1. The van der Waals surface area contributed by atoms with Gasteiger partial charge in [-0.25, -0.2) is 8.42 Å². The largest absolute Gasteiger partial charge is 0.322 e. The average Bonchev–Trinajstić information content (AvgIpc) is 2.70. The van der Waals surface area contributed by atoms with Crippen molar-refractivity contribution in [3.63, 3.8) is 0 Å². The third-order valence-electron chi connectivity index (χ3n) is 4.44. The molecule has 0 saturated carbocycles. The summed E-state index contributed by atoms with van der Waals surface area (Å²) in [5.74, 6) is -0.236. The number of nitrogens with one attached hydrogen (secondary N) is 1. The summed E-state index contributed by atoms with van der Waals surface area (Å²) >= 11 is 0. The predicted molar refractivity (Wildman–Crippen MR) is 111 cm³/mol. The SMILES string of the molecule is Cc1cc(S(=O)(=O)N(C)Cc2ccccc2)ccc1NC(=O)c1ccccc1. The van der Waals surface area contributed by atoms with Crippen LogP contribution in [0.15, 0.2) is 83.8 Å². The average molecular weight is 394 g/mol. The summed E-state index contributed by atoms with van der Waals surface area (Å²) < 4.78 is 27.1. The van der Waals surface area contributed by atoms with E-state index in [1.54, 1.807) is 50.4 Å². The zero-order valence-electron chi connectivity index (χ0n) is 15.8.